The Bertz CT molecular complexity index is 568. The number of nitriles is 1. The number of nitrogens with zero attached hydrogens (tertiary/aromatic N) is 2. The van der Waals surface area contributed by atoms with Crippen molar-refractivity contribution in [2.45, 2.75) is 13.8 Å². The van der Waals surface area contributed by atoms with Crippen molar-refractivity contribution in [2.24, 2.45) is 0 Å². The summed E-state index contributed by atoms with van der Waals surface area (Å²) >= 11 is 0. The average Bonchev–Trinajstić information content (AvgIpc) is 2.32. The highest BCUT2D eigenvalue weighted by Gasteiger charge is 2.05. The van der Waals surface area contributed by atoms with Crippen LogP contribution < -0.4 is 4.74 Å². The second-order valence-corrected chi connectivity index (χ2v) is 3.85. The lowest BCUT2D eigenvalue weighted by Gasteiger charge is -2.07. The summed E-state index contributed by atoms with van der Waals surface area (Å²) in [4.78, 5) is 4.15. The van der Waals surface area contributed by atoms with Gasteiger partial charge >= 0.3 is 0 Å². The van der Waals surface area contributed by atoms with E-state index in [1.165, 1.54) is 0 Å². The molecule has 2 rings (SSSR count). The summed E-state index contributed by atoms with van der Waals surface area (Å²) in [7, 11) is 0. The zero-order valence-electron chi connectivity index (χ0n) is 9.77. The molecule has 0 radical (unpaired) electrons. The van der Waals surface area contributed by atoms with E-state index in [2.05, 4.69) is 11.1 Å². The monoisotopic (exact) mass is 224 g/mol. The first-order chi connectivity index (χ1) is 8.19. The minimum Gasteiger partial charge on any atom is -0.454 e. The van der Waals surface area contributed by atoms with Gasteiger partial charge in [0.25, 0.3) is 0 Å². The molecule has 0 saturated carbocycles. The van der Waals surface area contributed by atoms with Gasteiger partial charge in [0.2, 0.25) is 0 Å². The Balaban J connectivity index is 2.32. The molecule has 1 aromatic carbocycles. The van der Waals surface area contributed by atoms with Crippen molar-refractivity contribution in [3.63, 3.8) is 0 Å². The van der Waals surface area contributed by atoms with Gasteiger partial charge in [0.05, 0.1) is 11.8 Å². The van der Waals surface area contributed by atoms with Crippen molar-refractivity contribution >= 4 is 0 Å². The second-order valence-electron chi connectivity index (χ2n) is 3.85. The number of pyridine rings is 1. The Morgan fingerprint density at radius 2 is 2.00 bits per heavy atom. The molecule has 0 amide bonds. The van der Waals surface area contributed by atoms with E-state index in [4.69, 9.17) is 10.00 Å². The van der Waals surface area contributed by atoms with Gasteiger partial charge in [-0.3, -0.25) is 4.98 Å². The van der Waals surface area contributed by atoms with Crippen molar-refractivity contribution in [2.75, 3.05) is 0 Å². The molecule has 17 heavy (non-hydrogen) atoms. The van der Waals surface area contributed by atoms with Gasteiger partial charge in [-0.2, -0.15) is 5.26 Å². The predicted octanol–water partition coefficient (Wildman–Crippen LogP) is 3.36. The second kappa shape index (κ2) is 4.67. The fourth-order valence-corrected chi connectivity index (χ4v) is 1.45. The fourth-order valence-electron chi connectivity index (χ4n) is 1.45. The lowest BCUT2D eigenvalue weighted by Crippen LogP contribution is -1.90. The molecule has 2 aromatic rings. The minimum atomic E-state index is 0.524. The Morgan fingerprint density at radius 1 is 1.18 bits per heavy atom. The van der Waals surface area contributed by atoms with Crippen LogP contribution in [-0.2, 0) is 0 Å². The predicted molar refractivity (Wildman–Crippen MR) is 64.9 cm³/mol. The summed E-state index contributed by atoms with van der Waals surface area (Å²) in [5.41, 5.74) is 2.51. The first kappa shape index (κ1) is 11.2. The number of benzene rings is 1. The molecule has 3 nitrogen and oxygen atoms in total. The van der Waals surface area contributed by atoms with E-state index in [1.807, 2.05) is 38.1 Å². The van der Waals surface area contributed by atoms with Crippen LogP contribution in [0.2, 0.25) is 0 Å². The standard InChI is InChI=1S/C14H12N2O/c1-10-3-5-12(8-15)14(7-10)17-13-6-4-11(2)16-9-13/h3-7,9H,1-2H3. The van der Waals surface area contributed by atoms with Gasteiger partial charge in [0.15, 0.2) is 0 Å². The van der Waals surface area contributed by atoms with Gasteiger partial charge < -0.3 is 4.74 Å². The Labute approximate surface area is 100 Å². The highest BCUT2D eigenvalue weighted by molar-refractivity contribution is 5.46. The van der Waals surface area contributed by atoms with Crippen molar-refractivity contribution in [1.82, 2.24) is 4.98 Å². The lowest BCUT2D eigenvalue weighted by atomic mass is 10.1. The van der Waals surface area contributed by atoms with E-state index < -0.39 is 0 Å². The molecule has 84 valence electrons. The van der Waals surface area contributed by atoms with E-state index >= 15 is 0 Å². The van der Waals surface area contributed by atoms with E-state index in [0.29, 0.717) is 17.1 Å². The van der Waals surface area contributed by atoms with Crippen molar-refractivity contribution in [1.29, 1.82) is 5.26 Å². The molecule has 0 N–H and O–H groups in total. The van der Waals surface area contributed by atoms with Crippen LogP contribution >= 0.6 is 0 Å². The van der Waals surface area contributed by atoms with Gasteiger partial charge in [-0.05, 0) is 43.7 Å². The number of ether oxygens (including phenoxy) is 1. The van der Waals surface area contributed by atoms with E-state index in [1.54, 1.807) is 12.3 Å². The summed E-state index contributed by atoms with van der Waals surface area (Å²) in [5, 5.41) is 8.99. The molecule has 1 heterocycles. The topological polar surface area (TPSA) is 45.9 Å². The highest BCUT2D eigenvalue weighted by Crippen LogP contribution is 2.25. The van der Waals surface area contributed by atoms with Crippen molar-refractivity contribution in [3.8, 4) is 17.6 Å². The molecular formula is C14H12N2O. The summed E-state index contributed by atoms with van der Waals surface area (Å²) in [6, 6.07) is 11.3. The maximum absolute atomic E-state index is 8.99. The molecule has 3 heteroatoms. The minimum absolute atomic E-state index is 0.524. The van der Waals surface area contributed by atoms with E-state index in [-0.39, 0.29) is 0 Å². The molecule has 0 aliphatic carbocycles. The maximum atomic E-state index is 8.99. The van der Waals surface area contributed by atoms with Crippen LogP contribution in [-0.4, -0.2) is 4.98 Å². The zero-order valence-corrected chi connectivity index (χ0v) is 9.77. The number of aryl methyl sites for hydroxylation is 2. The third kappa shape index (κ3) is 2.61. The number of hydrogen-bond donors (Lipinski definition) is 0. The number of aromatic nitrogens is 1. The van der Waals surface area contributed by atoms with Gasteiger partial charge in [0.1, 0.15) is 17.6 Å². The van der Waals surface area contributed by atoms with Crippen LogP contribution in [0.5, 0.6) is 11.5 Å². The van der Waals surface area contributed by atoms with E-state index in [9.17, 15) is 0 Å². The highest BCUT2D eigenvalue weighted by atomic mass is 16.5. The van der Waals surface area contributed by atoms with Crippen molar-refractivity contribution in [3.05, 3.63) is 53.3 Å². The lowest BCUT2D eigenvalue weighted by molar-refractivity contribution is 0.478. The fraction of sp³-hybridized carbons (Fsp3) is 0.143. The zero-order chi connectivity index (χ0) is 12.3. The van der Waals surface area contributed by atoms with Gasteiger partial charge in [-0.15, -0.1) is 0 Å². The Morgan fingerprint density at radius 3 is 2.65 bits per heavy atom. The quantitative estimate of drug-likeness (QED) is 0.785. The molecule has 0 bridgehead atoms. The van der Waals surface area contributed by atoms with Gasteiger partial charge in [-0.1, -0.05) is 6.07 Å². The third-order valence-electron chi connectivity index (χ3n) is 2.37. The molecule has 0 aliphatic heterocycles. The average molecular weight is 224 g/mol. The van der Waals surface area contributed by atoms with Crippen LogP contribution in [0.4, 0.5) is 0 Å². The number of rotatable bonds is 2. The van der Waals surface area contributed by atoms with E-state index in [0.717, 1.165) is 11.3 Å². The van der Waals surface area contributed by atoms with Gasteiger partial charge in [-0.25, -0.2) is 0 Å². The molecule has 0 atom stereocenters. The van der Waals surface area contributed by atoms with Crippen LogP contribution in [0.25, 0.3) is 0 Å². The van der Waals surface area contributed by atoms with Crippen LogP contribution in [0.15, 0.2) is 36.5 Å². The first-order valence-corrected chi connectivity index (χ1v) is 5.30. The van der Waals surface area contributed by atoms with Gasteiger partial charge in [0, 0.05) is 5.69 Å². The Kier molecular flexibility index (Phi) is 3.06. The number of hydrogen-bond acceptors (Lipinski definition) is 3. The molecule has 0 unspecified atom stereocenters. The SMILES string of the molecule is Cc1ccc(C#N)c(Oc2ccc(C)nc2)c1. The smallest absolute Gasteiger partial charge is 0.145 e. The molecular weight excluding hydrogens is 212 g/mol. The van der Waals surface area contributed by atoms with Crippen molar-refractivity contribution < 1.29 is 4.74 Å². The van der Waals surface area contributed by atoms with Crippen LogP contribution in [0.1, 0.15) is 16.8 Å². The van der Waals surface area contributed by atoms with Crippen LogP contribution in [0, 0.1) is 25.2 Å². The molecule has 1 aromatic heterocycles. The largest absolute Gasteiger partial charge is 0.454 e. The summed E-state index contributed by atoms with van der Waals surface area (Å²) < 4.78 is 5.65. The third-order valence-corrected chi connectivity index (χ3v) is 2.37. The maximum Gasteiger partial charge on any atom is 0.145 e. The summed E-state index contributed by atoms with van der Waals surface area (Å²) in [6.45, 7) is 3.87. The molecule has 0 spiro atoms. The normalized spacial score (nSPS) is 9.71. The summed E-state index contributed by atoms with van der Waals surface area (Å²) in [5.74, 6) is 1.20. The molecule has 0 saturated heterocycles. The van der Waals surface area contributed by atoms with Crippen LogP contribution in [0.3, 0.4) is 0 Å². The first-order valence-electron chi connectivity index (χ1n) is 5.30. The Hall–Kier alpha value is -2.34. The molecule has 0 aliphatic rings. The molecule has 0 fully saturated rings. The summed E-state index contributed by atoms with van der Waals surface area (Å²) in [6.07, 6.45) is 1.65.